The van der Waals surface area contributed by atoms with Crippen molar-refractivity contribution in [3.05, 3.63) is 64.8 Å². The topological polar surface area (TPSA) is 38.2 Å². The first-order valence-electron chi connectivity index (χ1n) is 9.93. The Morgan fingerprint density at radius 1 is 0.793 bits per heavy atom. The molecule has 0 spiro atoms. The van der Waals surface area contributed by atoms with Crippen molar-refractivity contribution in [3.8, 4) is 28.4 Å². The summed E-state index contributed by atoms with van der Waals surface area (Å²) >= 11 is 12.1. The monoisotopic (exact) mass is 427 g/mol. The summed E-state index contributed by atoms with van der Waals surface area (Å²) < 4.78 is 5.94. The lowest BCUT2D eigenvalue weighted by molar-refractivity contribution is 0.180. The number of rotatable bonds is 6. The van der Waals surface area contributed by atoms with Crippen molar-refractivity contribution >= 4 is 23.2 Å². The minimum atomic E-state index is 0.532. The first-order chi connectivity index (χ1) is 14.2. The second-order valence-electron chi connectivity index (χ2n) is 7.17. The van der Waals surface area contributed by atoms with E-state index in [-0.39, 0.29) is 0 Å². The van der Waals surface area contributed by atoms with Crippen LogP contribution in [0.1, 0.15) is 19.3 Å². The maximum atomic E-state index is 6.07. The van der Waals surface area contributed by atoms with E-state index in [1.165, 1.54) is 19.3 Å². The van der Waals surface area contributed by atoms with Crippen LogP contribution < -0.4 is 4.74 Å². The zero-order chi connectivity index (χ0) is 20.1. The van der Waals surface area contributed by atoms with Crippen molar-refractivity contribution in [2.75, 3.05) is 26.2 Å². The van der Waals surface area contributed by atoms with Crippen molar-refractivity contribution in [3.63, 3.8) is 0 Å². The predicted octanol–water partition coefficient (Wildman–Crippen LogP) is 5.98. The molecule has 0 radical (unpaired) electrons. The minimum absolute atomic E-state index is 0.532. The Hall–Kier alpha value is -2.14. The Kier molecular flexibility index (Phi) is 6.65. The summed E-state index contributed by atoms with van der Waals surface area (Å²) in [5.74, 6) is 0.532. The molecule has 0 bridgehead atoms. The molecule has 0 amide bonds. The van der Waals surface area contributed by atoms with Gasteiger partial charge >= 0.3 is 0 Å². The van der Waals surface area contributed by atoms with Crippen LogP contribution in [-0.2, 0) is 0 Å². The number of nitrogens with zero attached hydrogens (tertiary/aromatic N) is 3. The Bertz CT molecular complexity index is 939. The molecule has 4 nitrogen and oxygen atoms in total. The molecule has 3 aromatic rings. The van der Waals surface area contributed by atoms with Gasteiger partial charge in [0.1, 0.15) is 12.3 Å². The number of halogens is 2. The highest BCUT2D eigenvalue weighted by molar-refractivity contribution is 6.31. The normalized spacial score (nSPS) is 14.7. The molecule has 6 heteroatoms. The SMILES string of the molecule is Clc1ccc(-c2ncc(OCCN3CCCCC3)nc2-c2ccc(Cl)cc2)cc1. The number of aromatic nitrogens is 2. The largest absolute Gasteiger partial charge is 0.475 e. The molecule has 1 aromatic heterocycles. The molecule has 29 heavy (non-hydrogen) atoms. The second kappa shape index (κ2) is 9.57. The molecule has 0 atom stereocenters. The molecule has 1 saturated heterocycles. The summed E-state index contributed by atoms with van der Waals surface area (Å²) in [6.07, 6.45) is 5.58. The van der Waals surface area contributed by atoms with E-state index in [0.29, 0.717) is 22.5 Å². The predicted molar refractivity (Wildman–Crippen MR) is 119 cm³/mol. The Balaban J connectivity index is 1.58. The number of hydrogen-bond donors (Lipinski definition) is 0. The van der Waals surface area contributed by atoms with Gasteiger partial charge in [0, 0.05) is 27.7 Å². The Labute approximate surface area is 181 Å². The van der Waals surface area contributed by atoms with Crippen LogP contribution in [0.2, 0.25) is 10.0 Å². The van der Waals surface area contributed by atoms with Crippen LogP contribution in [-0.4, -0.2) is 41.1 Å². The summed E-state index contributed by atoms with van der Waals surface area (Å²) in [5, 5.41) is 1.37. The lowest BCUT2D eigenvalue weighted by atomic mass is 10.0. The maximum Gasteiger partial charge on any atom is 0.232 e. The van der Waals surface area contributed by atoms with Crippen LogP contribution in [0.4, 0.5) is 0 Å². The van der Waals surface area contributed by atoms with Crippen molar-refractivity contribution in [1.29, 1.82) is 0 Å². The van der Waals surface area contributed by atoms with Crippen molar-refractivity contribution in [1.82, 2.24) is 14.9 Å². The van der Waals surface area contributed by atoms with E-state index in [1.807, 2.05) is 48.5 Å². The van der Waals surface area contributed by atoms with Gasteiger partial charge in [0.15, 0.2) is 0 Å². The van der Waals surface area contributed by atoms with Gasteiger partial charge < -0.3 is 4.74 Å². The fourth-order valence-corrected chi connectivity index (χ4v) is 3.78. The highest BCUT2D eigenvalue weighted by atomic mass is 35.5. The van der Waals surface area contributed by atoms with Crippen LogP contribution in [0.5, 0.6) is 5.88 Å². The highest BCUT2D eigenvalue weighted by Gasteiger charge is 2.14. The van der Waals surface area contributed by atoms with E-state index in [9.17, 15) is 0 Å². The van der Waals surface area contributed by atoms with Crippen LogP contribution in [0.15, 0.2) is 54.7 Å². The van der Waals surface area contributed by atoms with E-state index in [1.54, 1.807) is 6.20 Å². The third-order valence-electron chi connectivity index (χ3n) is 5.09. The quantitative estimate of drug-likeness (QED) is 0.484. The molecular weight excluding hydrogens is 405 g/mol. The summed E-state index contributed by atoms with van der Waals surface area (Å²) in [6, 6.07) is 15.2. The zero-order valence-corrected chi connectivity index (χ0v) is 17.7. The zero-order valence-electron chi connectivity index (χ0n) is 16.2. The van der Waals surface area contributed by atoms with Gasteiger partial charge in [-0.2, -0.15) is 0 Å². The molecule has 150 valence electrons. The van der Waals surface area contributed by atoms with Crippen molar-refractivity contribution in [2.45, 2.75) is 19.3 Å². The Morgan fingerprint density at radius 3 is 2.00 bits per heavy atom. The first-order valence-corrected chi connectivity index (χ1v) is 10.7. The van der Waals surface area contributed by atoms with Gasteiger partial charge in [-0.05, 0) is 50.2 Å². The summed E-state index contributed by atoms with van der Waals surface area (Å²) in [4.78, 5) is 11.9. The molecule has 1 fully saturated rings. The van der Waals surface area contributed by atoms with E-state index >= 15 is 0 Å². The molecule has 0 aliphatic carbocycles. The number of ether oxygens (including phenoxy) is 1. The molecule has 1 aliphatic heterocycles. The van der Waals surface area contributed by atoms with Gasteiger partial charge in [-0.1, -0.05) is 53.9 Å². The van der Waals surface area contributed by atoms with Gasteiger partial charge in [0.25, 0.3) is 0 Å². The van der Waals surface area contributed by atoms with Crippen LogP contribution in [0, 0.1) is 0 Å². The molecule has 4 rings (SSSR count). The highest BCUT2D eigenvalue weighted by Crippen LogP contribution is 2.31. The van der Waals surface area contributed by atoms with Crippen molar-refractivity contribution < 1.29 is 4.74 Å². The van der Waals surface area contributed by atoms with Crippen LogP contribution in [0.3, 0.4) is 0 Å². The number of piperidine rings is 1. The van der Waals surface area contributed by atoms with Gasteiger partial charge in [-0.25, -0.2) is 9.97 Å². The van der Waals surface area contributed by atoms with E-state index < -0.39 is 0 Å². The molecule has 2 heterocycles. The fourth-order valence-electron chi connectivity index (χ4n) is 3.53. The number of benzene rings is 2. The molecule has 0 saturated carbocycles. The fraction of sp³-hybridized carbons (Fsp3) is 0.304. The van der Waals surface area contributed by atoms with Gasteiger partial charge in [0.2, 0.25) is 5.88 Å². The molecule has 2 aromatic carbocycles. The first kappa shape index (κ1) is 20.1. The van der Waals surface area contributed by atoms with Crippen molar-refractivity contribution in [2.24, 2.45) is 0 Å². The average molecular weight is 428 g/mol. The van der Waals surface area contributed by atoms with Gasteiger partial charge in [-0.3, -0.25) is 4.90 Å². The van der Waals surface area contributed by atoms with E-state index in [0.717, 1.165) is 42.1 Å². The molecule has 0 unspecified atom stereocenters. The lowest BCUT2D eigenvalue weighted by Gasteiger charge is -2.26. The van der Waals surface area contributed by atoms with Gasteiger partial charge in [0.05, 0.1) is 11.9 Å². The summed E-state index contributed by atoms with van der Waals surface area (Å²) in [6.45, 7) is 3.83. The summed E-state index contributed by atoms with van der Waals surface area (Å²) in [5.41, 5.74) is 3.44. The lowest BCUT2D eigenvalue weighted by Crippen LogP contribution is -2.33. The Morgan fingerprint density at radius 2 is 1.38 bits per heavy atom. The van der Waals surface area contributed by atoms with Gasteiger partial charge in [-0.15, -0.1) is 0 Å². The molecular formula is C23H23Cl2N3O. The second-order valence-corrected chi connectivity index (χ2v) is 8.04. The molecule has 0 N–H and O–H groups in total. The third kappa shape index (κ3) is 5.27. The van der Waals surface area contributed by atoms with E-state index in [4.69, 9.17) is 32.9 Å². The molecule has 1 aliphatic rings. The standard InChI is InChI=1S/C23H23Cl2N3O/c24-19-8-4-17(5-9-19)22-23(18-6-10-20(25)11-7-18)27-21(16-26-22)29-15-14-28-12-2-1-3-13-28/h4-11,16H,1-3,12-15H2. The third-order valence-corrected chi connectivity index (χ3v) is 5.60. The maximum absolute atomic E-state index is 6.07. The smallest absolute Gasteiger partial charge is 0.232 e. The van der Waals surface area contributed by atoms with E-state index in [2.05, 4.69) is 9.88 Å². The minimum Gasteiger partial charge on any atom is -0.475 e. The summed E-state index contributed by atoms with van der Waals surface area (Å²) in [7, 11) is 0. The van der Waals surface area contributed by atoms with Crippen LogP contribution >= 0.6 is 23.2 Å². The number of likely N-dealkylation sites (tertiary alicyclic amines) is 1. The number of hydrogen-bond acceptors (Lipinski definition) is 4. The van der Waals surface area contributed by atoms with Crippen LogP contribution in [0.25, 0.3) is 22.5 Å². The average Bonchev–Trinajstić information content (AvgIpc) is 2.76.